The lowest BCUT2D eigenvalue weighted by molar-refractivity contribution is -0.167. The molecular weight excluding hydrogens is 817 g/mol. The average Bonchev–Trinajstić information content (AvgIpc) is 3.31. The van der Waals surface area contributed by atoms with E-state index < -0.39 is 6.10 Å². The summed E-state index contributed by atoms with van der Waals surface area (Å²) in [5, 5.41) is 0. The van der Waals surface area contributed by atoms with E-state index >= 15 is 0 Å². The lowest BCUT2D eigenvalue weighted by atomic mass is 10.1. The number of rotatable bonds is 49. The first-order valence-electron chi connectivity index (χ1n) is 27.6. The zero-order valence-corrected chi connectivity index (χ0v) is 43.2. The molecule has 0 bridgehead atoms. The van der Waals surface area contributed by atoms with Crippen LogP contribution in [0.5, 0.6) is 0 Å². The van der Waals surface area contributed by atoms with Gasteiger partial charge in [0.1, 0.15) is 13.2 Å². The Labute approximate surface area is 407 Å². The van der Waals surface area contributed by atoms with E-state index in [1.54, 1.807) is 0 Å². The third-order valence-corrected chi connectivity index (χ3v) is 11.6. The Bertz CT molecular complexity index is 1290. The van der Waals surface area contributed by atoms with Crippen molar-refractivity contribution in [1.29, 1.82) is 0 Å². The maximum absolute atomic E-state index is 12.8. The second kappa shape index (κ2) is 54.2. The van der Waals surface area contributed by atoms with Gasteiger partial charge in [0, 0.05) is 19.3 Å². The maximum atomic E-state index is 12.8. The molecular formula is C60H102O6. The summed E-state index contributed by atoms with van der Waals surface area (Å²) < 4.78 is 16.8. The molecule has 0 rings (SSSR count). The third kappa shape index (κ3) is 51.6. The number of hydrogen-bond acceptors (Lipinski definition) is 6. The Balaban J connectivity index is 4.42. The molecule has 0 N–H and O–H groups in total. The fourth-order valence-electron chi connectivity index (χ4n) is 7.47. The van der Waals surface area contributed by atoms with Crippen molar-refractivity contribution in [2.45, 2.75) is 264 Å². The van der Waals surface area contributed by atoms with Gasteiger partial charge in [-0.25, -0.2) is 0 Å². The topological polar surface area (TPSA) is 78.9 Å². The molecule has 0 fully saturated rings. The number of carbonyl (C=O) groups excluding carboxylic acids is 3. The van der Waals surface area contributed by atoms with Crippen LogP contribution in [-0.4, -0.2) is 37.2 Å². The van der Waals surface area contributed by atoms with Gasteiger partial charge in [-0.3, -0.25) is 14.4 Å². The van der Waals surface area contributed by atoms with Crippen LogP contribution in [0, 0.1) is 0 Å². The zero-order valence-electron chi connectivity index (χ0n) is 43.2. The first-order valence-corrected chi connectivity index (χ1v) is 27.6. The van der Waals surface area contributed by atoms with Crippen LogP contribution in [0.2, 0.25) is 0 Å². The molecule has 0 aromatic rings. The lowest BCUT2D eigenvalue weighted by Gasteiger charge is -2.18. The van der Waals surface area contributed by atoms with E-state index in [9.17, 15) is 14.4 Å². The minimum absolute atomic E-state index is 0.0921. The fraction of sp³-hybridized carbons (Fsp3) is 0.717. The molecule has 0 amide bonds. The summed E-state index contributed by atoms with van der Waals surface area (Å²) in [4.78, 5) is 38.1. The smallest absolute Gasteiger partial charge is 0.306 e. The van der Waals surface area contributed by atoms with E-state index in [1.807, 2.05) is 0 Å². The molecule has 378 valence electrons. The molecule has 0 aliphatic heterocycles. The number of carbonyl (C=O) groups is 3. The van der Waals surface area contributed by atoms with Gasteiger partial charge in [0.2, 0.25) is 0 Å². The first kappa shape index (κ1) is 62.6. The van der Waals surface area contributed by atoms with Crippen molar-refractivity contribution in [2.24, 2.45) is 0 Å². The van der Waals surface area contributed by atoms with Crippen molar-refractivity contribution in [3.63, 3.8) is 0 Å². The molecule has 0 heterocycles. The minimum atomic E-state index is -0.793. The Morgan fingerprint density at radius 1 is 0.318 bits per heavy atom. The Kier molecular flexibility index (Phi) is 51.4. The molecule has 0 aromatic heterocycles. The fourth-order valence-corrected chi connectivity index (χ4v) is 7.47. The van der Waals surface area contributed by atoms with Crippen molar-refractivity contribution >= 4 is 17.9 Å². The minimum Gasteiger partial charge on any atom is -0.462 e. The number of ether oxygens (including phenoxy) is 3. The van der Waals surface area contributed by atoms with Crippen molar-refractivity contribution in [1.82, 2.24) is 0 Å². The number of allylic oxidation sites excluding steroid dienone is 14. The van der Waals surface area contributed by atoms with Crippen LogP contribution < -0.4 is 0 Å². The summed E-state index contributed by atoms with van der Waals surface area (Å²) in [6.07, 6.45) is 69.9. The maximum Gasteiger partial charge on any atom is 0.306 e. The van der Waals surface area contributed by atoms with Crippen LogP contribution in [0.25, 0.3) is 0 Å². The molecule has 0 aliphatic rings. The third-order valence-electron chi connectivity index (χ3n) is 11.6. The molecule has 1 atom stereocenters. The lowest BCUT2D eigenvalue weighted by Crippen LogP contribution is -2.30. The second-order valence-corrected chi connectivity index (χ2v) is 18.1. The monoisotopic (exact) mass is 919 g/mol. The summed E-state index contributed by atoms with van der Waals surface area (Å²) in [5.41, 5.74) is 0. The van der Waals surface area contributed by atoms with Gasteiger partial charge in [0.25, 0.3) is 0 Å². The van der Waals surface area contributed by atoms with Crippen molar-refractivity contribution in [2.75, 3.05) is 13.2 Å². The van der Waals surface area contributed by atoms with Crippen LogP contribution in [-0.2, 0) is 28.6 Å². The van der Waals surface area contributed by atoms with Crippen LogP contribution in [0.1, 0.15) is 258 Å². The van der Waals surface area contributed by atoms with E-state index in [4.69, 9.17) is 14.2 Å². The van der Waals surface area contributed by atoms with E-state index in [2.05, 4.69) is 106 Å². The predicted molar refractivity (Wildman–Crippen MR) is 284 cm³/mol. The van der Waals surface area contributed by atoms with Crippen LogP contribution in [0.4, 0.5) is 0 Å². The summed E-state index contributed by atoms with van der Waals surface area (Å²) >= 11 is 0. The van der Waals surface area contributed by atoms with Gasteiger partial charge in [0.15, 0.2) is 6.10 Å². The molecule has 6 heteroatoms. The highest BCUT2D eigenvalue weighted by Crippen LogP contribution is 2.14. The quantitative estimate of drug-likeness (QED) is 0.0262. The standard InChI is InChI=1S/C60H102O6/c1-4-7-10-13-16-19-22-25-27-29-30-31-33-35-38-41-44-47-50-53-59(62)65-56-57(55-64-58(61)52-49-46-43-40-37-34-24-21-18-15-12-9-6-3)66-60(63)54-51-48-45-42-39-36-32-28-26-23-20-17-14-11-8-5-2/h7,10,12,15-16,19,21,24-25,27-28,30-32,57H,4-6,8-9,11,13-14,17-18,20,22-23,26,29,33-56H2,1-3H3/b10-7-,15-12-,19-16-,24-21-,27-25-,31-30-,32-28-. The van der Waals surface area contributed by atoms with Gasteiger partial charge >= 0.3 is 17.9 Å². The Morgan fingerprint density at radius 3 is 1.00 bits per heavy atom. The molecule has 0 saturated heterocycles. The van der Waals surface area contributed by atoms with E-state index in [0.717, 1.165) is 141 Å². The molecule has 6 nitrogen and oxygen atoms in total. The zero-order chi connectivity index (χ0) is 47.9. The van der Waals surface area contributed by atoms with E-state index in [0.29, 0.717) is 19.3 Å². The van der Waals surface area contributed by atoms with E-state index in [-0.39, 0.29) is 31.1 Å². The van der Waals surface area contributed by atoms with Gasteiger partial charge in [-0.05, 0) is 109 Å². The summed E-state index contributed by atoms with van der Waals surface area (Å²) in [6, 6.07) is 0. The Hall–Kier alpha value is -3.41. The Morgan fingerprint density at radius 2 is 0.621 bits per heavy atom. The van der Waals surface area contributed by atoms with Gasteiger partial charge in [-0.15, -0.1) is 0 Å². The summed E-state index contributed by atoms with van der Waals surface area (Å²) in [6.45, 7) is 6.43. The highest BCUT2D eigenvalue weighted by Gasteiger charge is 2.19. The van der Waals surface area contributed by atoms with Crippen LogP contribution in [0.15, 0.2) is 85.1 Å². The van der Waals surface area contributed by atoms with Gasteiger partial charge < -0.3 is 14.2 Å². The normalized spacial score (nSPS) is 12.7. The van der Waals surface area contributed by atoms with E-state index in [1.165, 1.54) is 77.0 Å². The molecule has 0 saturated carbocycles. The van der Waals surface area contributed by atoms with Gasteiger partial charge in [-0.1, -0.05) is 215 Å². The number of unbranched alkanes of at least 4 members (excludes halogenated alkanes) is 24. The van der Waals surface area contributed by atoms with Crippen LogP contribution in [0.3, 0.4) is 0 Å². The van der Waals surface area contributed by atoms with Crippen molar-refractivity contribution < 1.29 is 28.6 Å². The molecule has 1 unspecified atom stereocenters. The van der Waals surface area contributed by atoms with Crippen molar-refractivity contribution in [3.05, 3.63) is 85.1 Å². The van der Waals surface area contributed by atoms with Gasteiger partial charge in [0.05, 0.1) is 0 Å². The molecule has 0 aromatic carbocycles. The summed E-state index contributed by atoms with van der Waals surface area (Å²) in [7, 11) is 0. The predicted octanol–water partition coefficient (Wildman–Crippen LogP) is 18.4. The van der Waals surface area contributed by atoms with Crippen molar-refractivity contribution in [3.8, 4) is 0 Å². The number of esters is 3. The summed E-state index contributed by atoms with van der Waals surface area (Å²) in [5.74, 6) is -0.925. The second-order valence-electron chi connectivity index (χ2n) is 18.1. The average molecular weight is 919 g/mol. The highest BCUT2D eigenvalue weighted by molar-refractivity contribution is 5.71. The van der Waals surface area contributed by atoms with Crippen LogP contribution >= 0.6 is 0 Å². The SMILES string of the molecule is CC/C=C\C/C=C\C/C=C\C/C=C\CCCCCCCCC(=O)OCC(COC(=O)CCCCCCC/C=C\C/C=C\CCC)OC(=O)CCCCCCC/C=C\CCCCCCCCC. The first-order chi connectivity index (χ1) is 32.5. The molecule has 0 aliphatic carbocycles. The molecule has 0 spiro atoms. The molecule has 0 radical (unpaired) electrons. The molecule has 66 heavy (non-hydrogen) atoms. The van der Waals surface area contributed by atoms with Gasteiger partial charge in [-0.2, -0.15) is 0 Å². The largest absolute Gasteiger partial charge is 0.462 e. The number of hydrogen-bond donors (Lipinski definition) is 0. The highest BCUT2D eigenvalue weighted by atomic mass is 16.6.